The van der Waals surface area contributed by atoms with Crippen molar-refractivity contribution in [1.82, 2.24) is 5.32 Å². The lowest BCUT2D eigenvalue weighted by Crippen LogP contribution is -2.31. The van der Waals surface area contributed by atoms with E-state index in [9.17, 15) is 14.9 Å². The summed E-state index contributed by atoms with van der Waals surface area (Å²) in [5.74, 6) is -0.398. The van der Waals surface area contributed by atoms with E-state index in [0.29, 0.717) is 12.2 Å². The van der Waals surface area contributed by atoms with Crippen LogP contribution in [0.5, 0.6) is 0 Å². The van der Waals surface area contributed by atoms with Crippen LogP contribution in [0.25, 0.3) is 0 Å². The van der Waals surface area contributed by atoms with Gasteiger partial charge >= 0.3 is 0 Å². The van der Waals surface area contributed by atoms with Crippen LogP contribution in [-0.4, -0.2) is 36.5 Å². The molecule has 1 N–H and O–H groups in total. The predicted octanol–water partition coefficient (Wildman–Crippen LogP) is 1.89. The molecule has 0 aromatic heterocycles. The first-order chi connectivity index (χ1) is 8.95. The molecule has 0 aliphatic heterocycles. The van der Waals surface area contributed by atoms with E-state index in [1.165, 1.54) is 19.2 Å². The van der Waals surface area contributed by atoms with Gasteiger partial charge in [-0.05, 0) is 13.0 Å². The van der Waals surface area contributed by atoms with E-state index in [0.717, 1.165) is 0 Å². The lowest BCUT2D eigenvalue weighted by atomic mass is 10.1. The Morgan fingerprint density at radius 3 is 2.84 bits per heavy atom. The average Bonchev–Trinajstić information content (AvgIpc) is 2.36. The van der Waals surface area contributed by atoms with E-state index in [1.54, 1.807) is 13.0 Å². The second kappa shape index (κ2) is 7.06. The number of amides is 1. The predicted molar refractivity (Wildman–Crippen MR) is 71.7 cm³/mol. The van der Waals surface area contributed by atoms with Gasteiger partial charge in [-0.2, -0.15) is 0 Å². The van der Waals surface area contributed by atoms with Crippen LogP contribution < -0.4 is 5.32 Å². The quantitative estimate of drug-likeness (QED) is 0.492. The van der Waals surface area contributed by atoms with Crippen molar-refractivity contribution in [3.05, 3.63) is 39.4 Å². The Labute approximate surface area is 115 Å². The molecule has 0 spiro atoms. The monoisotopic (exact) mass is 286 g/mol. The Morgan fingerprint density at radius 1 is 1.58 bits per heavy atom. The molecule has 0 radical (unpaired) electrons. The van der Waals surface area contributed by atoms with Gasteiger partial charge in [0.1, 0.15) is 0 Å². The summed E-state index contributed by atoms with van der Waals surface area (Å²) in [6, 6.07) is 4.34. The second-order valence-corrected chi connectivity index (χ2v) is 4.64. The maximum Gasteiger partial charge on any atom is 0.273 e. The Bertz CT molecular complexity index is 479. The van der Waals surface area contributed by atoms with Crippen molar-refractivity contribution in [2.24, 2.45) is 0 Å². The van der Waals surface area contributed by atoms with Gasteiger partial charge in [-0.15, -0.1) is 11.6 Å². The summed E-state index contributed by atoms with van der Waals surface area (Å²) in [5, 5.41) is 13.0. The molecule has 6 nitrogen and oxygen atoms in total. The normalized spacial score (nSPS) is 11.9. The summed E-state index contributed by atoms with van der Waals surface area (Å²) in [6.45, 7) is 2.17. The zero-order chi connectivity index (χ0) is 14.4. The molecule has 1 atom stereocenters. The molecule has 1 amide bonds. The lowest BCUT2D eigenvalue weighted by Gasteiger charge is -2.10. The molecule has 1 unspecified atom stereocenters. The van der Waals surface area contributed by atoms with Crippen LogP contribution >= 0.6 is 11.6 Å². The number of carbonyl (C=O) groups is 1. The van der Waals surface area contributed by atoms with Crippen molar-refractivity contribution < 1.29 is 14.5 Å². The SMILES string of the molecule is COCC(Cl)CNC(=O)c1ccc(C)c([N+](=O)[O-])c1. The Morgan fingerprint density at radius 2 is 2.26 bits per heavy atom. The summed E-state index contributed by atoms with van der Waals surface area (Å²) in [7, 11) is 1.51. The lowest BCUT2D eigenvalue weighted by molar-refractivity contribution is -0.385. The number of methoxy groups -OCH3 is 1. The van der Waals surface area contributed by atoms with Crippen LogP contribution in [0, 0.1) is 17.0 Å². The zero-order valence-corrected chi connectivity index (χ0v) is 11.4. The van der Waals surface area contributed by atoms with Crippen molar-refractivity contribution in [2.45, 2.75) is 12.3 Å². The highest BCUT2D eigenvalue weighted by Gasteiger charge is 2.15. The van der Waals surface area contributed by atoms with E-state index < -0.39 is 10.8 Å². The van der Waals surface area contributed by atoms with Gasteiger partial charge in [0.25, 0.3) is 11.6 Å². The first-order valence-corrected chi connectivity index (χ1v) is 6.05. The van der Waals surface area contributed by atoms with Crippen molar-refractivity contribution in [2.75, 3.05) is 20.3 Å². The van der Waals surface area contributed by atoms with E-state index in [2.05, 4.69) is 5.32 Å². The number of aryl methyl sites for hydroxylation is 1. The van der Waals surface area contributed by atoms with Crippen molar-refractivity contribution >= 4 is 23.2 Å². The molecule has 0 saturated carbocycles. The molecular weight excluding hydrogens is 272 g/mol. The fraction of sp³-hybridized carbons (Fsp3) is 0.417. The van der Waals surface area contributed by atoms with Crippen LogP contribution in [0.1, 0.15) is 15.9 Å². The number of alkyl halides is 1. The van der Waals surface area contributed by atoms with Crippen LogP contribution in [0.3, 0.4) is 0 Å². The van der Waals surface area contributed by atoms with Crippen molar-refractivity contribution in [3.8, 4) is 0 Å². The van der Waals surface area contributed by atoms with Gasteiger partial charge in [0.2, 0.25) is 0 Å². The number of nitro groups is 1. The molecule has 1 rings (SSSR count). The number of nitro benzene ring substituents is 1. The van der Waals surface area contributed by atoms with Gasteiger partial charge < -0.3 is 10.1 Å². The van der Waals surface area contributed by atoms with Crippen LogP contribution in [0.4, 0.5) is 5.69 Å². The largest absolute Gasteiger partial charge is 0.383 e. The molecule has 104 valence electrons. The number of benzene rings is 1. The minimum atomic E-state index is -0.513. The fourth-order valence-corrected chi connectivity index (χ4v) is 1.70. The van der Waals surface area contributed by atoms with E-state index in [-0.39, 0.29) is 23.2 Å². The Balaban J connectivity index is 2.72. The number of rotatable bonds is 6. The van der Waals surface area contributed by atoms with E-state index in [4.69, 9.17) is 16.3 Å². The van der Waals surface area contributed by atoms with Gasteiger partial charge in [-0.1, -0.05) is 6.07 Å². The Hall–Kier alpha value is -1.66. The molecule has 1 aromatic carbocycles. The van der Waals surface area contributed by atoms with Crippen molar-refractivity contribution in [3.63, 3.8) is 0 Å². The number of halogens is 1. The minimum absolute atomic E-state index is 0.0769. The summed E-state index contributed by atoms with van der Waals surface area (Å²) >= 11 is 5.87. The third kappa shape index (κ3) is 4.50. The fourth-order valence-electron chi connectivity index (χ4n) is 1.49. The number of nitrogens with one attached hydrogen (secondary N) is 1. The highest BCUT2D eigenvalue weighted by molar-refractivity contribution is 6.21. The van der Waals surface area contributed by atoms with Crippen LogP contribution in [0.2, 0.25) is 0 Å². The maximum absolute atomic E-state index is 11.8. The summed E-state index contributed by atoms with van der Waals surface area (Å²) < 4.78 is 4.84. The highest BCUT2D eigenvalue weighted by atomic mass is 35.5. The van der Waals surface area contributed by atoms with Gasteiger partial charge in [-0.3, -0.25) is 14.9 Å². The smallest absolute Gasteiger partial charge is 0.273 e. The number of hydrogen-bond acceptors (Lipinski definition) is 4. The maximum atomic E-state index is 11.8. The topological polar surface area (TPSA) is 81.5 Å². The molecular formula is C12H15ClN2O4. The first kappa shape index (κ1) is 15.4. The average molecular weight is 287 g/mol. The van der Waals surface area contributed by atoms with Crippen molar-refractivity contribution in [1.29, 1.82) is 0 Å². The molecule has 0 bridgehead atoms. The second-order valence-electron chi connectivity index (χ2n) is 4.02. The van der Waals surface area contributed by atoms with Gasteiger partial charge in [0.15, 0.2) is 0 Å². The molecule has 0 aliphatic carbocycles. The molecule has 0 heterocycles. The summed E-state index contributed by atoms with van der Waals surface area (Å²) in [4.78, 5) is 22.1. The van der Waals surface area contributed by atoms with E-state index in [1.807, 2.05) is 0 Å². The third-order valence-corrected chi connectivity index (χ3v) is 2.78. The van der Waals surface area contributed by atoms with Gasteiger partial charge in [0, 0.05) is 30.8 Å². The molecule has 0 aliphatic rings. The minimum Gasteiger partial charge on any atom is -0.383 e. The molecule has 7 heteroatoms. The molecule has 19 heavy (non-hydrogen) atoms. The van der Waals surface area contributed by atoms with Gasteiger partial charge in [0.05, 0.1) is 16.9 Å². The number of hydrogen-bond donors (Lipinski definition) is 1. The number of ether oxygens (including phenoxy) is 1. The summed E-state index contributed by atoms with van der Waals surface area (Å²) in [6.07, 6.45) is 0. The highest BCUT2D eigenvalue weighted by Crippen LogP contribution is 2.19. The zero-order valence-electron chi connectivity index (χ0n) is 10.7. The van der Waals surface area contributed by atoms with Crippen LogP contribution in [0.15, 0.2) is 18.2 Å². The Kier molecular flexibility index (Phi) is 5.72. The van der Waals surface area contributed by atoms with Crippen LogP contribution in [-0.2, 0) is 4.74 Å². The summed E-state index contributed by atoms with van der Waals surface area (Å²) in [5.41, 5.74) is 0.668. The molecule has 0 fully saturated rings. The van der Waals surface area contributed by atoms with Gasteiger partial charge in [-0.25, -0.2) is 0 Å². The number of nitrogens with zero attached hydrogens (tertiary/aromatic N) is 1. The standard InChI is InChI=1S/C12H15ClN2O4/c1-8-3-4-9(5-11(8)15(17)18)12(16)14-6-10(13)7-19-2/h3-5,10H,6-7H2,1-2H3,(H,14,16). The van der Waals surface area contributed by atoms with E-state index >= 15 is 0 Å². The number of carbonyl (C=O) groups excluding carboxylic acids is 1. The first-order valence-electron chi connectivity index (χ1n) is 5.62. The third-order valence-electron chi connectivity index (χ3n) is 2.50. The molecule has 1 aromatic rings. The molecule has 0 saturated heterocycles.